The van der Waals surface area contributed by atoms with Crippen molar-refractivity contribution in [2.75, 3.05) is 0 Å². The van der Waals surface area contributed by atoms with E-state index in [2.05, 4.69) is 31.1 Å². The summed E-state index contributed by atoms with van der Waals surface area (Å²) in [5.41, 5.74) is 3.05. The fraction of sp³-hybridized carbons (Fsp3) is 0.357. The van der Waals surface area contributed by atoms with Gasteiger partial charge in [0.05, 0.1) is 5.69 Å². The van der Waals surface area contributed by atoms with Gasteiger partial charge in [-0.1, -0.05) is 37.3 Å². The van der Waals surface area contributed by atoms with Crippen molar-refractivity contribution < 1.29 is 5.11 Å². The van der Waals surface area contributed by atoms with Crippen molar-refractivity contribution in [3.63, 3.8) is 0 Å². The molecular weight excluding hydrogens is 212 g/mol. The lowest BCUT2D eigenvalue weighted by molar-refractivity contribution is 0.424. The first-order valence-electron chi connectivity index (χ1n) is 6.01. The summed E-state index contributed by atoms with van der Waals surface area (Å²) in [7, 11) is 0. The Morgan fingerprint density at radius 1 is 1.24 bits per heavy atom. The average molecular weight is 230 g/mol. The monoisotopic (exact) mass is 230 g/mol. The molecule has 1 aromatic carbocycles. The average Bonchev–Trinajstić information content (AvgIpc) is 2.67. The number of rotatable bonds is 3. The van der Waals surface area contributed by atoms with Crippen LogP contribution in [0.2, 0.25) is 0 Å². The first kappa shape index (κ1) is 11.7. The van der Waals surface area contributed by atoms with Gasteiger partial charge in [-0.25, -0.2) is 0 Å². The van der Waals surface area contributed by atoms with Gasteiger partial charge in [-0.15, -0.1) is 5.10 Å². The zero-order valence-corrected chi connectivity index (χ0v) is 10.5. The van der Waals surface area contributed by atoms with Crippen LogP contribution < -0.4 is 0 Å². The lowest BCUT2D eigenvalue weighted by atomic mass is 10.1. The lowest BCUT2D eigenvalue weighted by Crippen LogP contribution is -2.05. The molecule has 0 bridgehead atoms. The zero-order chi connectivity index (χ0) is 12.4. The number of nitrogens with zero attached hydrogens (tertiary/aromatic N) is 2. The van der Waals surface area contributed by atoms with Gasteiger partial charge < -0.3 is 5.11 Å². The molecule has 0 aliphatic rings. The molecule has 0 spiro atoms. The van der Waals surface area contributed by atoms with Crippen molar-refractivity contribution in [1.82, 2.24) is 9.78 Å². The number of hydrogen-bond acceptors (Lipinski definition) is 2. The predicted octanol–water partition coefficient (Wildman–Crippen LogP) is 3.40. The van der Waals surface area contributed by atoms with Crippen LogP contribution in [-0.4, -0.2) is 14.9 Å². The SMILES string of the molecule is CCc1c(O)nn(C(C)C)c1-c1ccccc1. The molecule has 2 aromatic rings. The first-order valence-corrected chi connectivity index (χ1v) is 6.01. The second-order valence-corrected chi connectivity index (χ2v) is 4.41. The van der Waals surface area contributed by atoms with Crippen molar-refractivity contribution in [1.29, 1.82) is 0 Å². The molecule has 0 saturated heterocycles. The van der Waals surface area contributed by atoms with Crippen LogP contribution in [0.5, 0.6) is 5.88 Å². The molecule has 0 amide bonds. The summed E-state index contributed by atoms with van der Waals surface area (Å²) in [4.78, 5) is 0. The minimum atomic E-state index is 0.153. The standard InChI is InChI=1S/C14H18N2O/c1-4-12-13(11-8-6-5-7-9-11)16(10(2)3)15-14(12)17/h5-10H,4H2,1-3H3,(H,15,17). The summed E-state index contributed by atoms with van der Waals surface area (Å²) < 4.78 is 1.89. The smallest absolute Gasteiger partial charge is 0.234 e. The lowest BCUT2D eigenvalue weighted by Gasteiger charge is -2.11. The van der Waals surface area contributed by atoms with E-state index in [0.717, 1.165) is 23.2 Å². The van der Waals surface area contributed by atoms with Crippen LogP contribution in [0.25, 0.3) is 11.3 Å². The molecule has 0 aliphatic carbocycles. The Hall–Kier alpha value is -1.77. The topological polar surface area (TPSA) is 38.1 Å². The third-order valence-electron chi connectivity index (χ3n) is 2.88. The summed E-state index contributed by atoms with van der Waals surface area (Å²) in [5, 5.41) is 14.1. The zero-order valence-electron chi connectivity index (χ0n) is 10.5. The molecule has 1 heterocycles. The molecule has 3 heteroatoms. The molecule has 17 heavy (non-hydrogen) atoms. The van der Waals surface area contributed by atoms with Crippen molar-refractivity contribution in [3.05, 3.63) is 35.9 Å². The summed E-state index contributed by atoms with van der Waals surface area (Å²) >= 11 is 0. The molecule has 1 aromatic heterocycles. The normalized spacial score (nSPS) is 11.1. The van der Waals surface area contributed by atoms with Crippen molar-refractivity contribution in [3.8, 4) is 17.1 Å². The molecule has 0 radical (unpaired) electrons. The van der Waals surface area contributed by atoms with Gasteiger partial charge in [-0.05, 0) is 20.3 Å². The van der Waals surface area contributed by atoms with Gasteiger partial charge in [0.2, 0.25) is 5.88 Å². The fourth-order valence-corrected chi connectivity index (χ4v) is 2.06. The molecule has 0 atom stereocenters. The van der Waals surface area contributed by atoms with Gasteiger partial charge in [-0.2, -0.15) is 0 Å². The van der Waals surface area contributed by atoms with E-state index >= 15 is 0 Å². The summed E-state index contributed by atoms with van der Waals surface area (Å²) in [6.45, 7) is 6.17. The van der Waals surface area contributed by atoms with Gasteiger partial charge in [-0.3, -0.25) is 4.68 Å². The van der Waals surface area contributed by atoms with E-state index in [4.69, 9.17) is 0 Å². The molecule has 1 N–H and O–H groups in total. The van der Waals surface area contributed by atoms with E-state index in [1.807, 2.05) is 29.8 Å². The highest BCUT2D eigenvalue weighted by molar-refractivity contribution is 5.65. The Kier molecular flexibility index (Phi) is 3.18. The van der Waals surface area contributed by atoms with Crippen molar-refractivity contribution in [2.45, 2.75) is 33.2 Å². The summed E-state index contributed by atoms with van der Waals surface area (Å²) in [5.74, 6) is 0.153. The van der Waals surface area contributed by atoms with E-state index in [1.165, 1.54) is 0 Å². The number of hydrogen-bond donors (Lipinski definition) is 1. The third kappa shape index (κ3) is 2.05. The van der Waals surface area contributed by atoms with E-state index < -0.39 is 0 Å². The van der Waals surface area contributed by atoms with Crippen LogP contribution in [0.4, 0.5) is 0 Å². The second kappa shape index (κ2) is 4.62. The molecule has 2 rings (SSSR count). The molecule has 0 unspecified atom stereocenters. The molecular formula is C14H18N2O. The largest absolute Gasteiger partial charge is 0.492 e. The Labute approximate surface area is 102 Å². The highest BCUT2D eigenvalue weighted by atomic mass is 16.3. The maximum atomic E-state index is 9.89. The maximum absolute atomic E-state index is 9.89. The summed E-state index contributed by atoms with van der Waals surface area (Å²) in [6, 6.07) is 10.3. The molecule has 3 nitrogen and oxygen atoms in total. The molecule has 90 valence electrons. The maximum Gasteiger partial charge on any atom is 0.234 e. The Balaban J connectivity index is 2.65. The minimum Gasteiger partial charge on any atom is -0.492 e. The minimum absolute atomic E-state index is 0.153. The highest BCUT2D eigenvalue weighted by Crippen LogP contribution is 2.32. The van der Waals surface area contributed by atoms with E-state index in [9.17, 15) is 5.11 Å². The third-order valence-corrected chi connectivity index (χ3v) is 2.88. The highest BCUT2D eigenvalue weighted by Gasteiger charge is 2.18. The van der Waals surface area contributed by atoms with Gasteiger partial charge in [0, 0.05) is 17.2 Å². The second-order valence-electron chi connectivity index (χ2n) is 4.41. The Morgan fingerprint density at radius 3 is 2.41 bits per heavy atom. The van der Waals surface area contributed by atoms with Crippen LogP contribution in [0.1, 0.15) is 32.4 Å². The van der Waals surface area contributed by atoms with Crippen molar-refractivity contribution >= 4 is 0 Å². The van der Waals surface area contributed by atoms with Crippen LogP contribution in [-0.2, 0) is 6.42 Å². The van der Waals surface area contributed by atoms with Gasteiger partial charge in [0.1, 0.15) is 0 Å². The van der Waals surface area contributed by atoms with Crippen LogP contribution in [0.3, 0.4) is 0 Å². The number of benzene rings is 1. The molecule has 0 fully saturated rings. The van der Waals surface area contributed by atoms with Crippen molar-refractivity contribution in [2.24, 2.45) is 0 Å². The van der Waals surface area contributed by atoms with Crippen LogP contribution >= 0.6 is 0 Å². The van der Waals surface area contributed by atoms with E-state index in [-0.39, 0.29) is 11.9 Å². The van der Waals surface area contributed by atoms with E-state index in [1.54, 1.807) is 0 Å². The first-order chi connectivity index (χ1) is 8.15. The summed E-state index contributed by atoms with van der Waals surface area (Å²) in [6.07, 6.45) is 0.781. The van der Waals surface area contributed by atoms with Gasteiger partial charge in [0.15, 0.2) is 0 Å². The molecule has 0 aliphatic heterocycles. The Morgan fingerprint density at radius 2 is 1.88 bits per heavy atom. The number of aromatic hydroxyl groups is 1. The quantitative estimate of drug-likeness (QED) is 0.877. The van der Waals surface area contributed by atoms with Crippen LogP contribution in [0, 0.1) is 0 Å². The van der Waals surface area contributed by atoms with Gasteiger partial charge >= 0.3 is 0 Å². The number of aromatic nitrogens is 2. The van der Waals surface area contributed by atoms with E-state index in [0.29, 0.717) is 0 Å². The Bertz CT molecular complexity index is 500. The fourth-order valence-electron chi connectivity index (χ4n) is 2.06. The van der Waals surface area contributed by atoms with Crippen LogP contribution in [0.15, 0.2) is 30.3 Å². The van der Waals surface area contributed by atoms with Gasteiger partial charge in [0.25, 0.3) is 0 Å². The molecule has 0 saturated carbocycles. The predicted molar refractivity (Wildman–Crippen MR) is 69.1 cm³/mol.